The maximum absolute atomic E-state index is 13.6. The fraction of sp³-hybridized carbons (Fsp3) is 0.742. The summed E-state index contributed by atoms with van der Waals surface area (Å²) in [4.78, 5) is 28.1. The Balaban J connectivity index is 1.32. The van der Waals surface area contributed by atoms with Crippen molar-refractivity contribution in [1.29, 1.82) is 0 Å². The van der Waals surface area contributed by atoms with E-state index >= 15 is 0 Å². The lowest BCUT2D eigenvalue weighted by Gasteiger charge is -2.58. The van der Waals surface area contributed by atoms with E-state index in [4.69, 9.17) is 9.47 Å². The number of hydrogen-bond acceptors (Lipinski definition) is 7. The molecule has 3 saturated carbocycles. The van der Waals surface area contributed by atoms with Crippen molar-refractivity contribution in [2.45, 2.75) is 90.9 Å². The van der Waals surface area contributed by atoms with Crippen LogP contribution in [0.1, 0.15) is 64.7 Å². The number of aldehydes is 1. The lowest BCUT2D eigenvalue weighted by atomic mass is 9.43. The molecule has 3 N–H and O–H groups in total. The Hall–Kier alpha value is -1.58. The summed E-state index contributed by atoms with van der Waals surface area (Å²) in [6.07, 6.45) is 5.89. The SMILES string of the molecule is CC(C)C1=C[C@H]2C[C@]3(C=O)[C@@H]4CC[C@@H](C)[C@H]4C[C@@]2(CO[C@@H]2O[C@H](C)CC(Cc4cccs4)N[C@@H]2O)[C@]13C(=O)O. The van der Waals surface area contributed by atoms with E-state index in [2.05, 4.69) is 29.8 Å². The van der Waals surface area contributed by atoms with Crippen LogP contribution < -0.4 is 5.32 Å². The lowest BCUT2D eigenvalue weighted by Crippen LogP contribution is -2.64. The molecule has 5 aliphatic rings. The molecule has 7 nitrogen and oxygen atoms in total. The van der Waals surface area contributed by atoms with Crippen LogP contribution in [0.2, 0.25) is 0 Å². The van der Waals surface area contributed by atoms with E-state index < -0.39 is 34.7 Å². The second kappa shape index (κ2) is 9.76. The summed E-state index contributed by atoms with van der Waals surface area (Å²) in [5.74, 6) is -0.0986. The first-order valence-electron chi connectivity index (χ1n) is 14.7. The number of aliphatic carboxylic acids is 1. The minimum absolute atomic E-state index is 0.0138. The van der Waals surface area contributed by atoms with Crippen LogP contribution in [0.5, 0.6) is 0 Å². The number of thiophene rings is 1. The van der Waals surface area contributed by atoms with E-state index in [1.54, 1.807) is 11.3 Å². The number of fused-ring (bicyclic) bond motifs is 2. The summed E-state index contributed by atoms with van der Waals surface area (Å²) in [6, 6.07) is 4.17. The Morgan fingerprint density at radius 2 is 2.10 bits per heavy atom. The molecule has 4 bridgehead atoms. The molecule has 11 atom stereocenters. The fourth-order valence-electron chi connectivity index (χ4n) is 9.96. The Bertz CT molecular complexity index is 1140. The van der Waals surface area contributed by atoms with Crippen molar-refractivity contribution in [1.82, 2.24) is 5.32 Å². The van der Waals surface area contributed by atoms with E-state index in [1.807, 2.05) is 26.8 Å². The predicted molar refractivity (Wildman–Crippen MR) is 148 cm³/mol. The van der Waals surface area contributed by atoms with E-state index in [0.717, 1.165) is 44.0 Å². The largest absolute Gasteiger partial charge is 0.481 e. The normalized spacial score (nSPS) is 46.7. The first-order chi connectivity index (χ1) is 18.6. The van der Waals surface area contributed by atoms with Gasteiger partial charge < -0.3 is 24.5 Å². The first-order valence-corrected chi connectivity index (χ1v) is 15.6. The molecule has 1 unspecified atom stereocenters. The maximum atomic E-state index is 13.6. The van der Waals surface area contributed by atoms with Gasteiger partial charge in [0.05, 0.1) is 18.1 Å². The number of carboxylic acids is 1. The van der Waals surface area contributed by atoms with Crippen LogP contribution >= 0.6 is 11.3 Å². The fourth-order valence-corrected chi connectivity index (χ4v) is 10.7. The van der Waals surface area contributed by atoms with Crippen molar-refractivity contribution in [3.63, 3.8) is 0 Å². The molecule has 39 heavy (non-hydrogen) atoms. The van der Waals surface area contributed by atoms with Gasteiger partial charge in [0.15, 0.2) is 12.5 Å². The third-order valence-electron chi connectivity index (χ3n) is 11.3. The monoisotopic (exact) mass is 557 g/mol. The molecular weight excluding hydrogens is 514 g/mol. The molecule has 4 fully saturated rings. The van der Waals surface area contributed by atoms with E-state index in [9.17, 15) is 19.8 Å². The molecule has 2 heterocycles. The van der Waals surface area contributed by atoms with E-state index in [0.29, 0.717) is 18.3 Å². The Morgan fingerprint density at radius 3 is 2.77 bits per heavy atom. The van der Waals surface area contributed by atoms with Gasteiger partial charge in [-0.2, -0.15) is 0 Å². The average molecular weight is 558 g/mol. The average Bonchev–Trinajstić information content (AvgIpc) is 3.61. The summed E-state index contributed by atoms with van der Waals surface area (Å²) in [7, 11) is 0. The number of rotatable bonds is 8. The van der Waals surface area contributed by atoms with Crippen LogP contribution in [0.25, 0.3) is 0 Å². The molecule has 4 aliphatic carbocycles. The van der Waals surface area contributed by atoms with Gasteiger partial charge >= 0.3 is 5.97 Å². The predicted octanol–water partition coefficient (Wildman–Crippen LogP) is 4.64. The van der Waals surface area contributed by atoms with Crippen LogP contribution in [0.3, 0.4) is 0 Å². The molecule has 1 aromatic rings. The van der Waals surface area contributed by atoms with Crippen molar-refractivity contribution in [3.8, 4) is 0 Å². The minimum Gasteiger partial charge on any atom is -0.481 e. The molecule has 0 amide bonds. The highest BCUT2D eigenvalue weighted by Gasteiger charge is 2.84. The zero-order valence-corrected chi connectivity index (χ0v) is 24.3. The number of ether oxygens (including phenoxy) is 2. The summed E-state index contributed by atoms with van der Waals surface area (Å²) < 4.78 is 12.7. The minimum atomic E-state index is -1.29. The first kappa shape index (κ1) is 27.6. The van der Waals surface area contributed by atoms with Gasteiger partial charge in [0, 0.05) is 16.3 Å². The van der Waals surface area contributed by atoms with Gasteiger partial charge in [-0.05, 0) is 80.1 Å². The summed E-state index contributed by atoms with van der Waals surface area (Å²) in [6.45, 7) is 8.49. The molecule has 0 spiro atoms. The molecular formula is C31H43NO6S. The Morgan fingerprint density at radius 1 is 1.31 bits per heavy atom. The van der Waals surface area contributed by atoms with Gasteiger partial charge in [-0.3, -0.25) is 10.1 Å². The van der Waals surface area contributed by atoms with Crippen LogP contribution in [-0.4, -0.2) is 53.7 Å². The van der Waals surface area contributed by atoms with Gasteiger partial charge in [-0.25, -0.2) is 0 Å². The Kier molecular flexibility index (Phi) is 6.90. The quantitative estimate of drug-likeness (QED) is 0.316. The van der Waals surface area contributed by atoms with Crippen LogP contribution in [0.4, 0.5) is 0 Å². The summed E-state index contributed by atoms with van der Waals surface area (Å²) in [5, 5.41) is 27.7. The van der Waals surface area contributed by atoms with Crippen LogP contribution in [-0.2, 0) is 25.5 Å². The zero-order chi connectivity index (χ0) is 27.7. The smallest absolute Gasteiger partial charge is 0.315 e. The number of allylic oxidation sites excluding steroid dienone is 1. The number of aliphatic hydroxyl groups is 1. The van der Waals surface area contributed by atoms with E-state index in [-0.39, 0.29) is 36.5 Å². The molecule has 0 aromatic carbocycles. The van der Waals surface area contributed by atoms with Crippen molar-refractivity contribution in [2.24, 2.45) is 45.8 Å². The number of aliphatic hydroxyl groups excluding tert-OH is 1. The Labute approximate surface area is 235 Å². The summed E-state index contributed by atoms with van der Waals surface area (Å²) >= 11 is 1.70. The number of carboxylic acid groups (broad SMARTS) is 1. The topological polar surface area (TPSA) is 105 Å². The van der Waals surface area contributed by atoms with Gasteiger partial charge in [0.25, 0.3) is 0 Å². The number of carbonyl (C=O) groups excluding carboxylic acids is 1. The molecule has 6 rings (SSSR count). The lowest BCUT2D eigenvalue weighted by molar-refractivity contribution is -0.240. The number of hydrogen-bond donors (Lipinski definition) is 3. The third-order valence-corrected chi connectivity index (χ3v) is 12.2. The molecule has 8 heteroatoms. The van der Waals surface area contributed by atoms with Gasteiger partial charge in [-0.1, -0.05) is 44.9 Å². The zero-order valence-electron chi connectivity index (χ0n) is 23.5. The van der Waals surface area contributed by atoms with Crippen molar-refractivity contribution >= 4 is 23.6 Å². The molecule has 1 aromatic heterocycles. The number of nitrogens with one attached hydrogen (secondary N) is 1. The molecule has 1 aliphatic heterocycles. The molecule has 1 saturated heterocycles. The second-order valence-electron chi connectivity index (χ2n) is 13.4. The second-order valence-corrected chi connectivity index (χ2v) is 14.5. The highest BCUT2D eigenvalue weighted by Crippen LogP contribution is 2.82. The highest BCUT2D eigenvalue weighted by atomic mass is 32.1. The van der Waals surface area contributed by atoms with Gasteiger partial charge in [-0.15, -0.1) is 11.3 Å². The van der Waals surface area contributed by atoms with E-state index in [1.165, 1.54) is 4.88 Å². The van der Waals surface area contributed by atoms with Crippen LogP contribution in [0, 0.1) is 45.8 Å². The molecule has 0 radical (unpaired) electrons. The molecule has 214 valence electrons. The van der Waals surface area contributed by atoms with Crippen molar-refractivity contribution < 1.29 is 29.3 Å². The van der Waals surface area contributed by atoms with Crippen LogP contribution in [0.15, 0.2) is 29.2 Å². The number of carbonyl (C=O) groups is 2. The summed E-state index contributed by atoms with van der Waals surface area (Å²) in [5.41, 5.74) is -2.06. The van der Waals surface area contributed by atoms with Crippen molar-refractivity contribution in [3.05, 3.63) is 34.0 Å². The van der Waals surface area contributed by atoms with Gasteiger partial charge in [0.1, 0.15) is 11.7 Å². The highest BCUT2D eigenvalue weighted by molar-refractivity contribution is 7.09. The third kappa shape index (κ3) is 3.74. The maximum Gasteiger partial charge on any atom is 0.315 e. The van der Waals surface area contributed by atoms with Gasteiger partial charge in [0.2, 0.25) is 0 Å². The standard InChI is InChI=1S/C31H43NO6S/c1-17(2)25-11-20-13-29(15-33)24-8-7-18(3)23(24)14-30(20,31(25,29)28(35)36)16-37-27-26(34)32-21(10-19(4)38-27)12-22-6-5-9-39-22/h5-6,9,11,15,17-21,23-24,26-27,32,34H,7-8,10,12-14,16H2,1-4H3,(H,35,36)/t18-,19-,20+,21?,23-,24-,26-,27-,29+,30+,31+/m1/s1. The van der Waals surface area contributed by atoms with Crippen molar-refractivity contribution in [2.75, 3.05) is 6.61 Å².